The van der Waals surface area contributed by atoms with Crippen LogP contribution in [-0.4, -0.2) is 25.2 Å². The van der Waals surface area contributed by atoms with Crippen molar-refractivity contribution in [2.75, 3.05) is 14.2 Å². The van der Waals surface area contributed by atoms with Crippen molar-refractivity contribution in [1.29, 1.82) is 0 Å². The first kappa shape index (κ1) is 14.9. The van der Waals surface area contributed by atoms with Crippen LogP contribution in [0.2, 0.25) is 0 Å². The third kappa shape index (κ3) is 2.99. The Morgan fingerprint density at radius 3 is 2.57 bits per heavy atom. The maximum Gasteiger partial charge on any atom is 0.468 e. The molecule has 0 amide bonds. The fourth-order valence-electron chi connectivity index (χ4n) is 1.64. The van der Waals surface area contributed by atoms with Gasteiger partial charge in [0.05, 0.1) is 14.2 Å². The molecule has 0 aliphatic heterocycles. The minimum Gasteiger partial charge on any atom is -0.497 e. The molecule has 0 fully saturated rings. The average Bonchev–Trinajstić information content (AvgIpc) is 2.91. The number of esters is 1. The minimum atomic E-state index is -4.81. The first-order valence-electron chi connectivity index (χ1n) is 5.67. The topological polar surface area (TPSA) is 61.6 Å². The number of aromatic nitrogens is 1. The lowest BCUT2D eigenvalue weighted by molar-refractivity contribution is -0.157. The number of hydrogen-bond acceptors (Lipinski definition) is 5. The summed E-state index contributed by atoms with van der Waals surface area (Å²) in [5.74, 6) is -2.77. The van der Waals surface area contributed by atoms with E-state index in [2.05, 4.69) is 14.1 Å². The van der Waals surface area contributed by atoms with Crippen LogP contribution in [0.15, 0.2) is 28.7 Å². The molecule has 0 saturated carbocycles. The summed E-state index contributed by atoms with van der Waals surface area (Å²) in [6, 6.07) is 6.07. The second-order valence-corrected chi connectivity index (χ2v) is 3.92. The van der Waals surface area contributed by atoms with Gasteiger partial charge in [0.1, 0.15) is 11.4 Å². The van der Waals surface area contributed by atoms with E-state index in [9.17, 15) is 18.0 Å². The van der Waals surface area contributed by atoms with Crippen molar-refractivity contribution in [2.45, 2.75) is 6.18 Å². The number of benzene rings is 1. The van der Waals surface area contributed by atoms with Gasteiger partial charge in [0.15, 0.2) is 0 Å². The van der Waals surface area contributed by atoms with Gasteiger partial charge in [-0.2, -0.15) is 13.2 Å². The molecule has 0 saturated heterocycles. The van der Waals surface area contributed by atoms with E-state index in [1.54, 1.807) is 12.1 Å². The Balaban J connectivity index is 2.60. The van der Waals surface area contributed by atoms with E-state index in [-0.39, 0.29) is 11.3 Å². The van der Waals surface area contributed by atoms with Gasteiger partial charge < -0.3 is 13.9 Å². The fourth-order valence-corrected chi connectivity index (χ4v) is 1.64. The van der Waals surface area contributed by atoms with Crippen LogP contribution in [-0.2, 0) is 10.9 Å². The molecule has 0 aliphatic carbocycles. The average molecular weight is 301 g/mol. The molecule has 1 aromatic carbocycles. The zero-order valence-corrected chi connectivity index (χ0v) is 11.0. The SMILES string of the molecule is COC(=O)c1oc(C(F)(F)F)nc1-c1cccc(OC)c1. The maximum atomic E-state index is 12.7. The number of ether oxygens (including phenoxy) is 2. The van der Waals surface area contributed by atoms with Crippen molar-refractivity contribution < 1.29 is 31.9 Å². The summed E-state index contributed by atoms with van der Waals surface area (Å²) in [5.41, 5.74) is -0.0120. The molecule has 21 heavy (non-hydrogen) atoms. The van der Waals surface area contributed by atoms with Gasteiger partial charge >= 0.3 is 18.0 Å². The summed E-state index contributed by atoms with van der Waals surface area (Å²) in [5, 5.41) is 0. The summed E-state index contributed by atoms with van der Waals surface area (Å²) in [6.07, 6.45) is -4.81. The predicted molar refractivity (Wildman–Crippen MR) is 64.8 cm³/mol. The summed E-state index contributed by atoms with van der Waals surface area (Å²) >= 11 is 0. The Morgan fingerprint density at radius 1 is 1.29 bits per heavy atom. The number of nitrogens with zero attached hydrogens (tertiary/aromatic N) is 1. The highest BCUT2D eigenvalue weighted by atomic mass is 19.4. The number of carbonyl (C=O) groups excluding carboxylic acids is 1. The van der Waals surface area contributed by atoms with Crippen LogP contribution in [0.3, 0.4) is 0 Å². The maximum absolute atomic E-state index is 12.7. The zero-order chi connectivity index (χ0) is 15.6. The first-order chi connectivity index (χ1) is 9.86. The summed E-state index contributed by atoms with van der Waals surface area (Å²) in [7, 11) is 2.44. The van der Waals surface area contributed by atoms with Crippen LogP contribution in [0.25, 0.3) is 11.3 Å². The Kier molecular flexibility index (Phi) is 3.88. The van der Waals surface area contributed by atoms with Gasteiger partial charge in [0.25, 0.3) is 0 Å². The highest BCUT2D eigenvalue weighted by Gasteiger charge is 2.40. The normalized spacial score (nSPS) is 11.3. The minimum absolute atomic E-state index is 0.244. The molecule has 2 rings (SSSR count). The van der Waals surface area contributed by atoms with Gasteiger partial charge in [-0.1, -0.05) is 12.1 Å². The van der Waals surface area contributed by atoms with E-state index in [4.69, 9.17) is 4.74 Å². The zero-order valence-electron chi connectivity index (χ0n) is 11.0. The van der Waals surface area contributed by atoms with E-state index in [1.807, 2.05) is 0 Å². The van der Waals surface area contributed by atoms with Crippen LogP contribution in [0.4, 0.5) is 13.2 Å². The van der Waals surface area contributed by atoms with Crippen molar-refractivity contribution >= 4 is 5.97 Å². The van der Waals surface area contributed by atoms with E-state index in [0.717, 1.165) is 7.11 Å². The van der Waals surface area contributed by atoms with Crippen molar-refractivity contribution in [3.05, 3.63) is 35.9 Å². The van der Waals surface area contributed by atoms with Gasteiger partial charge in [-0.05, 0) is 12.1 Å². The standard InChI is InChI=1S/C13H10F3NO4/c1-19-8-5-3-4-7(6-8)9-10(11(18)20-2)21-12(17-9)13(14,15)16/h3-6H,1-2H3. The van der Waals surface area contributed by atoms with Gasteiger partial charge in [-0.3, -0.25) is 0 Å². The number of oxazole rings is 1. The lowest BCUT2D eigenvalue weighted by Crippen LogP contribution is -2.05. The highest BCUT2D eigenvalue weighted by molar-refractivity contribution is 5.93. The molecule has 5 nitrogen and oxygen atoms in total. The molecule has 0 spiro atoms. The quantitative estimate of drug-likeness (QED) is 0.815. The molecule has 8 heteroatoms. The smallest absolute Gasteiger partial charge is 0.468 e. The molecule has 112 valence electrons. The van der Waals surface area contributed by atoms with Crippen LogP contribution in [0, 0.1) is 0 Å². The Bertz CT molecular complexity index is 664. The van der Waals surface area contributed by atoms with Crippen LogP contribution in [0.1, 0.15) is 16.4 Å². The number of methoxy groups -OCH3 is 2. The third-order valence-electron chi connectivity index (χ3n) is 2.58. The number of halogens is 3. The number of carbonyl (C=O) groups is 1. The lowest BCUT2D eigenvalue weighted by atomic mass is 10.1. The summed E-state index contributed by atoms with van der Waals surface area (Å²) < 4.78 is 51.9. The first-order valence-corrected chi connectivity index (χ1v) is 5.67. The van der Waals surface area contributed by atoms with Crippen molar-refractivity contribution in [3.8, 4) is 17.0 Å². The highest BCUT2D eigenvalue weighted by Crippen LogP contribution is 2.34. The molecule has 0 atom stereocenters. The fraction of sp³-hybridized carbons (Fsp3) is 0.231. The number of rotatable bonds is 3. The molecule has 1 aromatic heterocycles. The van der Waals surface area contributed by atoms with E-state index >= 15 is 0 Å². The Hall–Kier alpha value is -2.51. The molecule has 1 heterocycles. The second kappa shape index (κ2) is 5.47. The molecule has 0 N–H and O–H groups in total. The van der Waals surface area contributed by atoms with Gasteiger partial charge in [-0.25, -0.2) is 9.78 Å². The predicted octanol–water partition coefficient (Wildman–Crippen LogP) is 3.16. The van der Waals surface area contributed by atoms with Crippen molar-refractivity contribution in [3.63, 3.8) is 0 Å². The van der Waals surface area contributed by atoms with Gasteiger partial charge in [-0.15, -0.1) is 0 Å². The number of alkyl halides is 3. The van der Waals surface area contributed by atoms with Crippen molar-refractivity contribution in [2.24, 2.45) is 0 Å². The Morgan fingerprint density at radius 2 is 2.00 bits per heavy atom. The summed E-state index contributed by atoms with van der Waals surface area (Å²) in [6.45, 7) is 0. The summed E-state index contributed by atoms with van der Waals surface area (Å²) in [4.78, 5) is 14.9. The molecular weight excluding hydrogens is 291 g/mol. The third-order valence-corrected chi connectivity index (χ3v) is 2.58. The number of hydrogen-bond donors (Lipinski definition) is 0. The van der Waals surface area contributed by atoms with Gasteiger partial charge in [0, 0.05) is 5.56 Å². The van der Waals surface area contributed by atoms with Crippen LogP contribution >= 0.6 is 0 Å². The largest absolute Gasteiger partial charge is 0.497 e. The molecular formula is C13H10F3NO4. The van der Waals surface area contributed by atoms with Crippen molar-refractivity contribution in [1.82, 2.24) is 4.98 Å². The lowest BCUT2D eigenvalue weighted by Gasteiger charge is -2.02. The molecule has 2 aromatic rings. The van der Waals surface area contributed by atoms with Crippen LogP contribution < -0.4 is 4.74 Å². The molecule has 0 bridgehead atoms. The van der Waals surface area contributed by atoms with Gasteiger partial charge in [0.2, 0.25) is 5.76 Å². The Labute approximate surface area is 117 Å². The van der Waals surface area contributed by atoms with E-state index in [1.165, 1.54) is 19.2 Å². The van der Waals surface area contributed by atoms with Crippen LogP contribution in [0.5, 0.6) is 5.75 Å². The van der Waals surface area contributed by atoms with E-state index in [0.29, 0.717) is 5.75 Å². The monoisotopic (exact) mass is 301 g/mol. The molecule has 0 unspecified atom stereocenters. The second-order valence-electron chi connectivity index (χ2n) is 3.92. The molecule has 0 aliphatic rings. The molecule has 0 radical (unpaired) electrons. The van der Waals surface area contributed by atoms with E-state index < -0.39 is 23.8 Å².